The molecule has 2 heterocycles. The van der Waals surface area contributed by atoms with Gasteiger partial charge in [-0.1, -0.05) is 12.1 Å². The van der Waals surface area contributed by atoms with Crippen LogP contribution in [0.15, 0.2) is 47.3 Å². The molecule has 0 bridgehead atoms. The van der Waals surface area contributed by atoms with Crippen LogP contribution in [0.3, 0.4) is 0 Å². The second-order valence-electron chi connectivity index (χ2n) is 4.33. The van der Waals surface area contributed by atoms with Crippen LogP contribution >= 0.6 is 0 Å². The number of aryl methyl sites for hydroxylation is 1. The first-order valence-corrected chi connectivity index (χ1v) is 6.15. The third-order valence-electron chi connectivity index (χ3n) is 2.94. The minimum atomic E-state index is -0.437. The molecule has 1 aromatic carbocycles. The fourth-order valence-electron chi connectivity index (χ4n) is 1.86. The molecule has 3 aromatic rings. The summed E-state index contributed by atoms with van der Waals surface area (Å²) in [5.41, 5.74) is 3.41. The zero-order chi connectivity index (χ0) is 13.9. The number of esters is 1. The Balaban J connectivity index is 1.80. The SMILES string of the molecule is Cc1nc2ccccc2nc1COC(=O)c1ccoc1. The maximum atomic E-state index is 11.7. The molecule has 0 aliphatic rings. The largest absolute Gasteiger partial charge is 0.472 e. The van der Waals surface area contributed by atoms with Crippen molar-refractivity contribution in [2.75, 3.05) is 0 Å². The van der Waals surface area contributed by atoms with Crippen LogP contribution in [0.4, 0.5) is 0 Å². The summed E-state index contributed by atoms with van der Waals surface area (Å²) >= 11 is 0. The van der Waals surface area contributed by atoms with Crippen molar-refractivity contribution in [2.24, 2.45) is 0 Å². The number of furan rings is 1. The highest BCUT2D eigenvalue weighted by molar-refractivity contribution is 5.88. The lowest BCUT2D eigenvalue weighted by atomic mass is 10.2. The van der Waals surface area contributed by atoms with Gasteiger partial charge in [-0.15, -0.1) is 0 Å². The van der Waals surface area contributed by atoms with E-state index in [1.807, 2.05) is 31.2 Å². The second kappa shape index (κ2) is 5.13. The molecule has 0 N–H and O–H groups in total. The molecule has 5 nitrogen and oxygen atoms in total. The van der Waals surface area contributed by atoms with E-state index in [0.717, 1.165) is 16.7 Å². The maximum Gasteiger partial charge on any atom is 0.341 e. The highest BCUT2D eigenvalue weighted by atomic mass is 16.5. The first-order valence-electron chi connectivity index (χ1n) is 6.15. The summed E-state index contributed by atoms with van der Waals surface area (Å²) in [6.45, 7) is 1.94. The molecule has 3 rings (SSSR count). The Morgan fingerprint density at radius 2 is 1.95 bits per heavy atom. The van der Waals surface area contributed by atoms with Gasteiger partial charge in [0.1, 0.15) is 12.9 Å². The molecular formula is C15H12N2O3. The topological polar surface area (TPSA) is 65.2 Å². The van der Waals surface area contributed by atoms with Crippen molar-refractivity contribution >= 4 is 17.0 Å². The molecule has 0 fully saturated rings. The van der Waals surface area contributed by atoms with E-state index in [1.54, 1.807) is 6.07 Å². The smallest absolute Gasteiger partial charge is 0.341 e. The minimum absolute atomic E-state index is 0.0910. The first-order chi connectivity index (χ1) is 9.74. The summed E-state index contributed by atoms with van der Waals surface area (Å²) in [6, 6.07) is 9.14. The Kier molecular flexibility index (Phi) is 3.16. The normalized spacial score (nSPS) is 10.7. The molecular weight excluding hydrogens is 256 g/mol. The van der Waals surface area contributed by atoms with Crippen molar-refractivity contribution in [3.05, 3.63) is 59.8 Å². The van der Waals surface area contributed by atoms with E-state index < -0.39 is 5.97 Å². The molecule has 0 aliphatic heterocycles. The van der Waals surface area contributed by atoms with Crippen LogP contribution in [0.1, 0.15) is 21.7 Å². The summed E-state index contributed by atoms with van der Waals surface area (Å²) in [6.07, 6.45) is 2.78. The number of carbonyl (C=O) groups excluding carboxylic acids is 1. The van der Waals surface area contributed by atoms with Gasteiger partial charge in [0, 0.05) is 0 Å². The number of ether oxygens (including phenoxy) is 1. The number of hydrogen-bond donors (Lipinski definition) is 0. The number of carbonyl (C=O) groups is 1. The molecule has 0 aliphatic carbocycles. The predicted octanol–water partition coefficient (Wildman–Crippen LogP) is 2.89. The number of benzene rings is 1. The molecule has 100 valence electrons. The molecule has 0 saturated carbocycles. The summed E-state index contributed by atoms with van der Waals surface area (Å²) in [7, 11) is 0. The highest BCUT2D eigenvalue weighted by Gasteiger charge is 2.11. The van der Waals surface area contributed by atoms with Crippen molar-refractivity contribution < 1.29 is 13.9 Å². The van der Waals surface area contributed by atoms with Crippen molar-refractivity contribution in [3.63, 3.8) is 0 Å². The lowest BCUT2D eigenvalue weighted by Crippen LogP contribution is -2.07. The number of para-hydroxylation sites is 2. The minimum Gasteiger partial charge on any atom is -0.472 e. The van der Waals surface area contributed by atoms with E-state index in [9.17, 15) is 4.79 Å². The van der Waals surface area contributed by atoms with Crippen LogP contribution in [-0.4, -0.2) is 15.9 Å². The first kappa shape index (κ1) is 12.3. The number of aromatic nitrogens is 2. The summed E-state index contributed by atoms with van der Waals surface area (Å²) < 4.78 is 10.0. The van der Waals surface area contributed by atoms with Crippen LogP contribution in [0, 0.1) is 6.92 Å². The van der Waals surface area contributed by atoms with E-state index in [2.05, 4.69) is 9.97 Å². The molecule has 0 unspecified atom stereocenters. The Bertz CT molecular complexity index is 751. The Labute approximate surface area is 115 Å². The molecule has 0 saturated heterocycles. The predicted molar refractivity (Wildman–Crippen MR) is 72.1 cm³/mol. The fourth-order valence-corrected chi connectivity index (χ4v) is 1.86. The molecule has 0 atom stereocenters. The van der Waals surface area contributed by atoms with Gasteiger partial charge in [0.25, 0.3) is 0 Å². The van der Waals surface area contributed by atoms with Gasteiger partial charge in [-0.3, -0.25) is 0 Å². The van der Waals surface area contributed by atoms with Crippen LogP contribution in [0.25, 0.3) is 11.0 Å². The summed E-state index contributed by atoms with van der Waals surface area (Å²) in [4.78, 5) is 20.6. The maximum absolute atomic E-state index is 11.7. The van der Waals surface area contributed by atoms with Gasteiger partial charge < -0.3 is 9.15 Å². The Morgan fingerprint density at radius 3 is 2.65 bits per heavy atom. The van der Waals surface area contributed by atoms with E-state index in [1.165, 1.54) is 12.5 Å². The lowest BCUT2D eigenvalue weighted by Gasteiger charge is -2.07. The van der Waals surface area contributed by atoms with Gasteiger partial charge in [0.2, 0.25) is 0 Å². The van der Waals surface area contributed by atoms with Gasteiger partial charge >= 0.3 is 5.97 Å². The average Bonchev–Trinajstić information content (AvgIpc) is 2.99. The number of rotatable bonds is 3. The summed E-state index contributed by atoms with van der Waals surface area (Å²) in [5, 5.41) is 0. The van der Waals surface area contributed by atoms with Gasteiger partial charge in [-0.2, -0.15) is 0 Å². The molecule has 20 heavy (non-hydrogen) atoms. The van der Waals surface area contributed by atoms with Gasteiger partial charge in [-0.05, 0) is 25.1 Å². The van der Waals surface area contributed by atoms with E-state index in [0.29, 0.717) is 11.3 Å². The quantitative estimate of drug-likeness (QED) is 0.683. The van der Waals surface area contributed by atoms with E-state index >= 15 is 0 Å². The molecule has 2 aromatic heterocycles. The van der Waals surface area contributed by atoms with E-state index in [4.69, 9.17) is 9.15 Å². The third-order valence-corrected chi connectivity index (χ3v) is 2.94. The molecule has 0 radical (unpaired) electrons. The van der Waals surface area contributed by atoms with Gasteiger partial charge in [0.05, 0.1) is 34.2 Å². The average molecular weight is 268 g/mol. The van der Waals surface area contributed by atoms with Crippen LogP contribution in [0.2, 0.25) is 0 Å². The van der Waals surface area contributed by atoms with Crippen molar-refractivity contribution in [1.82, 2.24) is 9.97 Å². The van der Waals surface area contributed by atoms with Crippen LogP contribution in [0.5, 0.6) is 0 Å². The standard InChI is InChI=1S/C15H12N2O3/c1-10-14(9-20-15(18)11-6-7-19-8-11)17-13-5-3-2-4-12(13)16-10/h2-8H,9H2,1H3. The Hall–Kier alpha value is -2.69. The highest BCUT2D eigenvalue weighted by Crippen LogP contribution is 2.13. The summed E-state index contributed by atoms with van der Waals surface area (Å²) in [5.74, 6) is -0.437. The van der Waals surface area contributed by atoms with E-state index in [-0.39, 0.29) is 6.61 Å². The Morgan fingerprint density at radius 1 is 1.20 bits per heavy atom. The molecule has 0 amide bonds. The monoisotopic (exact) mass is 268 g/mol. The number of fused-ring (bicyclic) bond motifs is 1. The zero-order valence-electron chi connectivity index (χ0n) is 10.9. The van der Waals surface area contributed by atoms with Crippen molar-refractivity contribution in [3.8, 4) is 0 Å². The lowest BCUT2D eigenvalue weighted by molar-refractivity contribution is 0.0466. The van der Waals surface area contributed by atoms with Crippen LogP contribution < -0.4 is 0 Å². The second-order valence-corrected chi connectivity index (χ2v) is 4.33. The van der Waals surface area contributed by atoms with Crippen molar-refractivity contribution in [2.45, 2.75) is 13.5 Å². The van der Waals surface area contributed by atoms with Crippen molar-refractivity contribution in [1.29, 1.82) is 0 Å². The third kappa shape index (κ3) is 2.38. The van der Waals surface area contributed by atoms with Gasteiger partial charge in [-0.25, -0.2) is 14.8 Å². The fraction of sp³-hybridized carbons (Fsp3) is 0.133. The zero-order valence-corrected chi connectivity index (χ0v) is 10.9. The number of hydrogen-bond acceptors (Lipinski definition) is 5. The molecule has 0 spiro atoms. The molecule has 5 heteroatoms. The van der Waals surface area contributed by atoms with Gasteiger partial charge in [0.15, 0.2) is 0 Å². The van der Waals surface area contributed by atoms with Crippen LogP contribution in [-0.2, 0) is 11.3 Å². The number of nitrogens with zero attached hydrogens (tertiary/aromatic N) is 2.